The van der Waals surface area contributed by atoms with Crippen molar-refractivity contribution in [3.05, 3.63) is 132 Å². The van der Waals surface area contributed by atoms with E-state index in [9.17, 15) is 18.0 Å². The Labute approximate surface area is 222 Å². The second-order valence-electron chi connectivity index (χ2n) is 8.52. The predicted octanol–water partition coefficient (Wildman–Crippen LogP) is 4.14. The molecule has 2 N–H and O–H groups in total. The summed E-state index contributed by atoms with van der Waals surface area (Å²) in [4.78, 5) is 30.7. The molecular weight excluding hydrogens is 498 g/mol. The van der Waals surface area contributed by atoms with Crippen molar-refractivity contribution < 1.29 is 18.0 Å². The van der Waals surface area contributed by atoms with Crippen LogP contribution in [0.5, 0.6) is 0 Å². The predicted molar refractivity (Wildman–Crippen MR) is 148 cm³/mol. The minimum Gasteiger partial charge on any atom is -0.342 e. The van der Waals surface area contributed by atoms with Gasteiger partial charge in [-0.05, 0) is 53.4 Å². The first-order chi connectivity index (χ1) is 18.4. The smallest absolute Gasteiger partial charge is 0.252 e. The number of aromatic nitrogens is 1. The SMILES string of the molecule is O=C(N[C@@H](Cc1ccccc1)C(=O)CNS(=O)(=O)c1ccccc1)c1ccccc1/C=C/c1ccncc1. The van der Waals surface area contributed by atoms with Gasteiger partial charge in [-0.25, -0.2) is 13.1 Å². The van der Waals surface area contributed by atoms with Crippen LogP contribution in [0.2, 0.25) is 0 Å². The van der Waals surface area contributed by atoms with Gasteiger partial charge in [0, 0.05) is 18.0 Å². The van der Waals surface area contributed by atoms with Gasteiger partial charge in [0.25, 0.3) is 5.91 Å². The van der Waals surface area contributed by atoms with Crippen LogP contribution >= 0.6 is 0 Å². The Balaban J connectivity index is 1.53. The molecule has 38 heavy (non-hydrogen) atoms. The number of pyridine rings is 1. The summed E-state index contributed by atoms with van der Waals surface area (Å²) in [6, 6.07) is 26.9. The second-order valence-corrected chi connectivity index (χ2v) is 10.3. The lowest BCUT2D eigenvalue weighted by molar-refractivity contribution is -0.119. The number of nitrogens with zero attached hydrogens (tertiary/aromatic N) is 1. The van der Waals surface area contributed by atoms with E-state index in [1.54, 1.807) is 42.7 Å². The Morgan fingerprint density at radius 2 is 1.42 bits per heavy atom. The average molecular weight is 526 g/mol. The molecular formula is C30H27N3O4S. The fourth-order valence-corrected chi connectivity index (χ4v) is 4.83. The summed E-state index contributed by atoms with van der Waals surface area (Å²) in [6.07, 6.45) is 7.28. The van der Waals surface area contributed by atoms with Gasteiger partial charge in [-0.3, -0.25) is 14.6 Å². The zero-order chi connectivity index (χ0) is 26.8. The van der Waals surface area contributed by atoms with Gasteiger partial charge in [-0.1, -0.05) is 78.9 Å². The van der Waals surface area contributed by atoms with Crippen molar-refractivity contribution >= 4 is 33.9 Å². The van der Waals surface area contributed by atoms with Crippen molar-refractivity contribution in [2.24, 2.45) is 0 Å². The Bertz CT molecular complexity index is 1510. The highest BCUT2D eigenvalue weighted by Gasteiger charge is 2.24. The Morgan fingerprint density at radius 1 is 0.789 bits per heavy atom. The Hall–Kier alpha value is -4.40. The third-order valence-corrected chi connectivity index (χ3v) is 7.25. The number of hydrogen-bond acceptors (Lipinski definition) is 5. The van der Waals surface area contributed by atoms with Crippen LogP contribution < -0.4 is 10.0 Å². The number of carbonyl (C=O) groups is 2. The third-order valence-electron chi connectivity index (χ3n) is 5.83. The fourth-order valence-electron chi connectivity index (χ4n) is 3.81. The zero-order valence-corrected chi connectivity index (χ0v) is 21.3. The molecule has 1 heterocycles. The van der Waals surface area contributed by atoms with Crippen LogP contribution in [-0.2, 0) is 21.2 Å². The van der Waals surface area contributed by atoms with Crippen molar-refractivity contribution in [3.8, 4) is 0 Å². The fraction of sp³-hybridized carbons (Fsp3) is 0.100. The molecule has 0 aliphatic carbocycles. The lowest BCUT2D eigenvalue weighted by Crippen LogP contribution is -2.46. The number of amides is 1. The van der Waals surface area contributed by atoms with E-state index in [0.717, 1.165) is 11.1 Å². The summed E-state index contributed by atoms with van der Waals surface area (Å²) >= 11 is 0. The topological polar surface area (TPSA) is 105 Å². The molecule has 1 atom stereocenters. The lowest BCUT2D eigenvalue weighted by Gasteiger charge is -2.19. The molecule has 4 rings (SSSR count). The first-order valence-electron chi connectivity index (χ1n) is 12.0. The maximum absolute atomic E-state index is 13.4. The third kappa shape index (κ3) is 7.32. The number of Topliss-reactive ketones (excluding diaryl/α,β-unsaturated/α-hetero) is 1. The molecule has 0 saturated heterocycles. The van der Waals surface area contributed by atoms with E-state index >= 15 is 0 Å². The van der Waals surface area contributed by atoms with Crippen molar-refractivity contribution in [3.63, 3.8) is 0 Å². The first-order valence-corrected chi connectivity index (χ1v) is 13.5. The molecule has 1 amide bonds. The number of nitrogens with one attached hydrogen (secondary N) is 2. The number of sulfonamides is 1. The minimum atomic E-state index is -3.88. The molecule has 0 aliphatic heterocycles. The van der Waals surface area contributed by atoms with E-state index in [1.807, 2.05) is 66.7 Å². The van der Waals surface area contributed by atoms with Crippen LogP contribution in [0.25, 0.3) is 12.2 Å². The monoisotopic (exact) mass is 525 g/mol. The maximum Gasteiger partial charge on any atom is 0.252 e. The van der Waals surface area contributed by atoms with E-state index in [0.29, 0.717) is 11.1 Å². The van der Waals surface area contributed by atoms with Crippen molar-refractivity contribution in [2.75, 3.05) is 6.54 Å². The molecule has 4 aromatic rings. The van der Waals surface area contributed by atoms with Gasteiger partial charge in [0.15, 0.2) is 5.78 Å². The number of benzene rings is 3. The van der Waals surface area contributed by atoms with E-state index in [1.165, 1.54) is 12.1 Å². The van der Waals surface area contributed by atoms with Gasteiger partial charge in [0.05, 0.1) is 17.5 Å². The molecule has 0 saturated carbocycles. The van der Waals surface area contributed by atoms with Crippen LogP contribution in [0.15, 0.2) is 114 Å². The van der Waals surface area contributed by atoms with Crippen LogP contribution in [0, 0.1) is 0 Å². The van der Waals surface area contributed by atoms with Crippen LogP contribution in [0.4, 0.5) is 0 Å². The van der Waals surface area contributed by atoms with Gasteiger partial charge in [0.2, 0.25) is 10.0 Å². The van der Waals surface area contributed by atoms with E-state index in [4.69, 9.17) is 0 Å². The molecule has 192 valence electrons. The lowest BCUT2D eigenvalue weighted by atomic mass is 10.0. The molecule has 0 radical (unpaired) electrons. The van der Waals surface area contributed by atoms with E-state index < -0.39 is 34.3 Å². The standard InChI is InChI=1S/C30H27N3O4S/c34-29(22-32-38(36,37)26-12-5-2-6-13-26)28(21-24-9-3-1-4-10-24)33-30(35)27-14-8-7-11-25(27)16-15-23-17-19-31-20-18-23/h1-20,28,32H,21-22H2,(H,33,35)/b16-15+/t28-/m0/s1. The van der Waals surface area contributed by atoms with Crippen molar-refractivity contribution in [2.45, 2.75) is 17.4 Å². The van der Waals surface area contributed by atoms with Crippen LogP contribution in [0.1, 0.15) is 27.0 Å². The number of ketones is 1. The molecule has 7 nitrogen and oxygen atoms in total. The number of carbonyl (C=O) groups excluding carboxylic acids is 2. The molecule has 3 aromatic carbocycles. The van der Waals surface area contributed by atoms with Gasteiger partial charge in [0.1, 0.15) is 0 Å². The quantitative estimate of drug-likeness (QED) is 0.306. The Morgan fingerprint density at radius 3 is 2.13 bits per heavy atom. The number of hydrogen-bond donors (Lipinski definition) is 2. The summed E-state index contributed by atoms with van der Waals surface area (Å²) in [5, 5.41) is 2.83. The first kappa shape index (κ1) is 26.7. The number of rotatable bonds is 11. The molecule has 0 unspecified atom stereocenters. The van der Waals surface area contributed by atoms with Gasteiger partial charge in [-0.15, -0.1) is 0 Å². The van der Waals surface area contributed by atoms with Crippen LogP contribution in [-0.4, -0.2) is 37.7 Å². The highest BCUT2D eigenvalue weighted by molar-refractivity contribution is 7.89. The van der Waals surface area contributed by atoms with Crippen LogP contribution in [0.3, 0.4) is 0 Å². The van der Waals surface area contributed by atoms with Crippen molar-refractivity contribution in [1.29, 1.82) is 0 Å². The molecule has 0 aliphatic rings. The summed E-state index contributed by atoms with van der Waals surface area (Å²) < 4.78 is 27.6. The summed E-state index contributed by atoms with van der Waals surface area (Å²) in [6.45, 7) is -0.460. The van der Waals surface area contributed by atoms with Gasteiger partial charge in [-0.2, -0.15) is 0 Å². The minimum absolute atomic E-state index is 0.0614. The molecule has 1 aromatic heterocycles. The molecule has 0 bridgehead atoms. The van der Waals surface area contributed by atoms with Crippen molar-refractivity contribution in [1.82, 2.24) is 15.0 Å². The Kier molecular flexibility index (Phi) is 8.92. The second kappa shape index (κ2) is 12.7. The van der Waals surface area contributed by atoms with E-state index in [-0.39, 0.29) is 11.3 Å². The molecule has 8 heteroatoms. The zero-order valence-electron chi connectivity index (χ0n) is 20.5. The van der Waals surface area contributed by atoms with Gasteiger partial charge >= 0.3 is 0 Å². The summed E-state index contributed by atoms with van der Waals surface area (Å²) in [5.41, 5.74) is 2.84. The average Bonchev–Trinajstić information content (AvgIpc) is 2.96. The van der Waals surface area contributed by atoms with E-state index in [2.05, 4.69) is 15.0 Å². The largest absolute Gasteiger partial charge is 0.342 e. The highest BCUT2D eigenvalue weighted by Crippen LogP contribution is 2.15. The van der Waals surface area contributed by atoms with Gasteiger partial charge < -0.3 is 5.32 Å². The molecule has 0 fully saturated rings. The maximum atomic E-state index is 13.4. The summed E-state index contributed by atoms with van der Waals surface area (Å²) in [5.74, 6) is -0.883. The normalized spacial score (nSPS) is 12.2. The highest BCUT2D eigenvalue weighted by atomic mass is 32.2. The summed E-state index contributed by atoms with van der Waals surface area (Å²) in [7, 11) is -3.88. The molecule has 0 spiro atoms.